The summed E-state index contributed by atoms with van der Waals surface area (Å²) in [5.74, 6) is 0. The van der Waals surface area contributed by atoms with E-state index in [0.717, 1.165) is 0 Å². The molecule has 2 aromatic rings. The zero-order chi connectivity index (χ0) is 12.4. The summed E-state index contributed by atoms with van der Waals surface area (Å²) >= 11 is 15.2. The monoisotopic (exact) mass is 332 g/mol. The van der Waals surface area contributed by atoms with Crippen molar-refractivity contribution in [1.29, 1.82) is 0 Å². The van der Waals surface area contributed by atoms with Gasteiger partial charge >= 0.3 is 0 Å². The van der Waals surface area contributed by atoms with Crippen molar-refractivity contribution in [3.8, 4) is 0 Å². The molecule has 0 radical (unpaired) electrons. The molecule has 0 spiro atoms. The van der Waals surface area contributed by atoms with E-state index in [1.54, 1.807) is 18.2 Å². The zero-order valence-corrected chi connectivity index (χ0v) is 11.6. The molecule has 3 nitrogen and oxygen atoms in total. The van der Waals surface area contributed by atoms with Gasteiger partial charge in [0.05, 0.1) is 12.9 Å². The molecule has 0 atom stereocenters. The van der Waals surface area contributed by atoms with Gasteiger partial charge in [0.1, 0.15) is 4.47 Å². The fraction of sp³-hybridized carbons (Fsp3) is 0.0909. The van der Waals surface area contributed by atoms with E-state index >= 15 is 0 Å². The van der Waals surface area contributed by atoms with Gasteiger partial charge in [-0.2, -0.15) is 0 Å². The van der Waals surface area contributed by atoms with Crippen LogP contribution in [-0.4, -0.2) is 9.55 Å². The van der Waals surface area contributed by atoms with Gasteiger partial charge in [0, 0.05) is 21.8 Å². The van der Waals surface area contributed by atoms with Gasteiger partial charge in [0.25, 0.3) is 5.56 Å². The molecule has 0 unspecified atom stereocenters. The van der Waals surface area contributed by atoms with E-state index in [2.05, 4.69) is 20.9 Å². The number of hydrogen-bond donors (Lipinski definition) is 0. The molecule has 0 bridgehead atoms. The summed E-state index contributed by atoms with van der Waals surface area (Å²) in [6.45, 7) is 0.295. The molecule has 0 aliphatic carbocycles. The van der Waals surface area contributed by atoms with E-state index < -0.39 is 0 Å². The highest BCUT2D eigenvalue weighted by Crippen LogP contribution is 2.24. The molecule has 17 heavy (non-hydrogen) atoms. The fourth-order valence-corrected chi connectivity index (χ4v) is 2.25. The molecule has 0 amide bonds. The third-order valence-corrected chi connectivity index (χ3v) is 3.50. The second-order valence-corrected chi connectivity index (χ2v) is 5.04. The van der Waals surface area contributed by atoms with Crippen molar-refractivity contribution in [2.75, 3.05) is 0 Å². The molecule has 0 saturated heterocycles. The third-order valence-electron chi connectivity index (χ3n) is 2.25. The van der Waals surface area contributed by atoms with Crippen LogP contribution in [0.15, 0.2) is 40.0 Å². The van der Waals surface area contributed by atoms with Gasteiger partial charge in [-0.1, -0.05) is 29.3 Å². The molecule has 0 aliphatic rings. The maximum atomic E-state index is 11.8. The minimum Gasteiger partial charge on any atom is -0.294 e. The van der Waals surface area contributed by atoms with Crippen molar-refractivity contribution in [1.82, 2.24) is 9.55 Å². The lowest BCUT2D eigenvalue weighted by Crippen LogP contribution is -2.21. The Bertz CT molecular complexity index is 592. The predicted molar refractivity (Wildman–Crippen MR) is 71.8 cm³/mol. The summed E-state index contributed by atoms with van der Waals surface area (Å²) < 4.78 is 1.85. The Morgan fingerprint density at radius 2 is 1.94 bits per heavy atom. The lowest BCUT2D eigenvalue weighted by Gasteiger charge is -2.08. The number of hydrogen-bond acceptors (Lipinski definition) is 2. The van der Waals surface area contributed by atoms with E-state index in [4.69, 9.17) is 23.2 Å². The van der Waals surface area contributed by atoms with Gasteiger partial charge < -0.3 is 0 Å². The van der Waals surface area contributed by atoms with Crippen LogP contribution < -0.4 is 5.56 Å². The normalized spacial score (nSPS) is 10.5. The quantitative estimate of drug-likeness (QED) is 0.844. The first kappa shape index (κ1) is 12.6. The molecule has 0 saturated carbocycles. The Hall–Kier alpha value is -0.840. The molecular formula is C11H7BrCl2N2O. The van der Waals surface area contributed by atoms with Crippen LogP contribution in [0.4, 0.5) is 0 Å². The minimum atomic E-state index is -0.170. The second-order valence-electron chi connectivity index (χ2n) is 3.37. The Morgan fingerprint density at radius 1 is 1.29 bits per heavy atom. The first-order valence-corrected chi connectivity index (χ1v) is 6.27. The van der Waals surface area contributed by atoms with Crippen molar-refractivity contribution in [2.24, 2.45) is 0 Å². The SMILES string of the molecule is O=c1c(Br)cncn1Cc1c(Cl)cccc1Cl. The summed E-state index contributed by atoms with van der Waals surface area (Å²) in [6.07, 6.45) is 2.90. The maximum Gasteiger partial charge on any atom is 0.267 e. The average molecular weight is 334 g/mol. The largest absolute Gasteiger partial charge is 0.294 e. The lowest BCUT2D eigenvalue weighted by atomic mass is 10.2. The lowest BCUT2D eigenvalue weighted by molar-refractivity contribution is 0.731. The molecule has 1 heterocycles. The molecular weight excluding hydrogens is 327 g/mol. The maximum absolute atomic E-state index is 11.8. The summed E-state index contributed by atoms with van der Waals surface area (Å²) in [5.41, 5.74) is 0.536. The standard InChI is InChI=1S/C11H7BrCl2N2O/c12-8-4-15-6-16(11(8)17)5-7-9(13)2-1-3-10(7)14/h1-4,6H,5H2. The molecule has 0 N–H and O–H groups in total. The van der Waals surface area contributed by atoms with Crippen LogP contribution in [0.3, 0.4) is 0 Å². The first-order valence-electron chi connectivity index (χ1n) is 4.72. The topological polar surface area (TPSA) is 34.9 Å². The number of benzene rings is 1. The number of nitrogens with zero attached hydrogens (tertiary/aromatic N) is 2. The van der Waals surface area contributed by atoms with Crippen LogP contribution in [0.25, 0.3) is 0 Å². The van der Waals surface area contributed by atoms with E-state index in [1.807, 2.05) is 0 Å². The molecule has 0 fully saturated rings. The Morgan fingerprint density at radius 3 is 2.59 bits per heavy atom. The highest BCUT2D eigenvalue weighted by molar-refractivity contribution is 9.10. The molecule has 1 aromatic carbocycles. The van der Waals surface area contributed by atoms with Crippen LogP contribution in [0.2, 0.25) is 10.0 Å². The van der Waals surface area contributed by atoms with Gasteiger partial charge in [-0.15, -0.1) is 0 Å². The predicted octanol–water partition coefficient (Wildman–Crippen LogP) is 3.36. The average Bonchev–Trinajstić information content (AvgIpc) is 2.29. The fourth-order valence-electron chi connectivity index (χ4n) is 1.39. The smallest absolute Gasteiger partial charge is 0.267 e. The van der Waals surface area contributed by atoms with Crippen molar-refractivity contribution < 1.29 is 0 Å². The van der Waals surface area contributed by atoms with Gasteiger partial charge in [0.2, 0.25) is 0 Å². The highest BCUT2D eigenvalue weighted by Gasteiger charge is 2.08. The Balaban J connectivity index is 2.45. The zero-order valence-electron chi connectivity index (χ0n) is 8.53. The van der Waals surface area contributed by atoms with E-state index in [9.17, 15) is 4.79 Å². The molecule has 6 heteroatoms. The highest BCUT2D eigenvalue weighted by atomic mass is 79.9. The third kappa shape index (κ3) is 2.70. The van der Waals surface area contributed by atoms with E-state index in [-0.39, 0.29) is 5.56 Å². The number of rotatable bonds is 2. The van der Waals surface area contributed by atoms with E-state index in [1.165, 1.54) is 17.1 Å². The van der Waals surface area contributed by atoms with Crippen molar-refractivity contribution in [3.63, 3.8) is 0 Å². The minimum absolute atomic E-state index is 0.170. The van der Waals surface area contributed by atoms with E-state index in [0.29, 0.717) is 26.6 Å². The summed E-state index contributed by atoms with van der Waals surface area (Å²) in [6, 6.07) is 5.23. The van der Waals surface area contributed by atoms with Crippen LogP contribution in [0, 0.1) is 0 Å². The molecule has 2 rings (SSSR count). The van der Waals surface area contributed by atoms with Crippen molar-refractivity contribution >= 4 is 39.1 Å². The summed E-state index contributed by atoms with van der Waals surface area (Å²) in [7, 11) is 0. The van der Waals surface area contributed by atoms with Crippen LogP contribution >= 0.6 is 39.1 Å². The molecule has 1 aromatic heterocycles. The van der Waals surface area contributed by atoms with Gasteiger partial charge in [-0.3, -0.25) is 9.36 Å². The summed E-state index contributed by atoms with van der Waals surface area (Å²) in [4.78, 5) is 15.7. The van der Waals surface area contributed by atoms with Crippen LogP contribution in [0.1, 0.15) is 5.56 Å². The second kappa shape index (κ2) is 5.21. The van der Waals surface area contributed by atoms with Crippen LogP contribution in [0.5, 0.6) is 0 Å². The first-order chi connectivity index (χ1) is 8.09. The Kier molecular flexibility index (Phi) is 3.86. The van der Waals surface area contributed by atoms with Crippen LogP contribution in [-0.2, 0) is 6.54 Å². The number of halogens is 3. The van der Waals surface area contributed by atoms with Gasteiger partial charge in [-0.05, 0) is 28.1 Å². The summed E-state index contributed by atoms with van der Waals surface area (Å²) in [5, 5.41) is 1.06. The van der Waals surface area contributed by atoms with Crippen molar-refractivity contribution in [2.45, 2.75) is 6.54 Å². The Labute approximate surface area is 116 Å². The van der Waals surface area contributed by atoms with Gasteiger partial charge in [-0.25, -0.2) is 4.98 Å². The molecule has 0 aliphatic heterocycles. The molecule has 88 valence electrons. The number of aromatic nitrogens is 2. The van der Waals surface area contributed by atoms with Crippen molar-refractivity contribution in [3.05, 3.63) is 61.2 Å². The van der Waals surface area contributed by atoms with Gasteiger partial charge in [0.15, 0.2) is 0 Å².